The summed E-state index contributed by atoms with van der Waals surface area (Å²) < 4.78 is 7.05. The molecule has 2 heterocycles. The Balaban J connectivity index is 1.84. The summed E-state index contributed by atoms with van der Waals surface area (Å²) in [5, 5.41) is 17.3. The molecule has 0 unspecified atom stereocenters. The standard InChI is InChI=1S/C23H31BrN4O5/c1-22(2,3)17-14(24)7-8-15-16(17)18(26-28(15)20(30)31)19(29)25-13-9-11-27(12-10-13)21(32)33-23(4,5)6/h7-8,13H,9-12H2,1-6H3,(H,25,29)(H,30,31). The predicted octanol–water partition coefficient (Wildman–Crippen LogP) is 4.75. The average molecular weight is 523 g/mol. The molecule has 1 aromatic heterocycles. The molecule has 1 aliphatic rings. The largest absolute Gasteiger partial charge is 0.463 e. The highest BCUT2D eigenvalue weighted by Crippen LogP contribution is 2.38. The maximum atomic E-state index is 13.3. The van der Waals surface area contributed by atoms with E-state index in [9.17, 15) is 19.5 Å². The van der Waals surface area contributed by atoms with E-state index in [0.29, 0.717) is 36.8 Å². The third-order valence-electron chi connectivity index (χ3n) is 5.43. The molecule has 0 radical (unpaired) electrons. The number of rotatable bonds is 2. The van der Waals surface area contributed by atoms with Gasteiger partial charge in [-0.25, -0.2) is 9.59 Å². The Morgan fingerprint density at radius 1 is 1.12 bits per heavy atom. The van der Waals surface area contributed by atoms with Gasteiger partial charge in [-0.1, -0.05) is 36.7 Å². The van der Waals surface area contributed by atoms with Gasteiger partial charge in [0.05, 0.1) is 5.52 Å². The van der Waals surface area contributed by atoms with Crippen LogP contribution in [-0.2, 0) is 10.2 Å². The molecule has 1 fully saturated rings. The minimum atomic E-state index is -1.26. The third kappa shape index (κ3) is 5.48. The number of piperidine rings is 1. The van der Waals surface area contributed by atoms with Crippen LogP contribution in [0.15, 0.2) is 16.6 Å². The van der Waals surface area contributed by atoms with Crippen molar-refractivity contribution in [3.63, 3.8) is 0 Å². The molecule has 1 saturated heterocycles. The Morgan fingerprint density at radius 3 is 2.24 bits per heavy atom. The van der Waals surface area contributed by atoms with Crippen LogP contribution in [0.25, 0.3) is 10.9 Å². The zero-order valence-corrected chi connectivity index (χ0v) is 21.4. The number of fused-ring (bicyclic) bond motifs is 1. The second-order valence-electron chi connectivity index (χ2n) is 10.3. The van der Waals surface area contributed by atoms with Crippen molar-refractivity contribution in [3.8, 4) is 0 Å². The second kappa shape index (κ2) is 8.96. The number of aromatic nitrogens is 2. The number of nitrogens with one attached hydrogen (secondary N) is 1. The zero-order chi connectivity index (χ0) is 24.7. The van der Waals surface area contributed by atoms with Gasteiger partial charge in [-0.2, -0.15) is 9.78 Å². The second-order valence-corrected chi connectivity index (χ2v) is 11.2. The first-order valence-electron chi connectivity index (χ1n) is 10.9. The van der Waals surface area contributed by atoms with Crippen LogP contribution in [0.2, 0.25) is 0 Å². The first-order valence-corrected chi connectivity index (χ1v) is 11.7. The van der Waals surface area contributed by atoms with Gasteiger partial charge in [0.25, 0.3) is 5.91 Å². The average Bonchev–Trinajstić information content (AvgIpc) is 3.05. The van der Waals surface area contributed by atoms with Crippen molar-refractivity contribution in [2.45, 2.75) is 71.4 Å². The van der Waals surface area contributed by atoms with E-state index < -0.39 is 17.6 Å². The molecule has 1 aromatic carbocycles. The molecule has 0 spiro atoms. The van der Waals surface area contributed by atoms with E-state index in [1.807, 2.05) is 41.5 Å². The van der Waals surface area contributed by atoms with Crippen molar-refractivity contribution < 1.29 is 24.2 Å². The number of ether oxygens (including phenoxy) is 1. The number of benzene rings is 1. The molecule has 0 atom stereocenters. The van der Waals surface area contributed by atoms with Gasteiger partial charge in [0.2, 0.25) is 0 Å². The number of nitrogens with zero attached hydrogens (tertiary/aromatic N) is 3. The normalized spacial score (nSPS) is 15.5. The molecule has 9 nitrogen and oxygen atoms in total. The third-order valence-corrected chi connectivity index (χ3v) is 6.09. The lowest BCUT2D eigenvalue weighted by Crippen LogP contribution is -2.47. The highest BCUT2D eigenvalue weighted by Gasteiger charge is 2.31. The zero-order valence-electron chi connectivity index (χ0n) is 19.9. The molecule has 2 amide bonds. The number of likely N-dealkylation sites (tertiary alicyclic amines) is 1. The molecule has 2 N–H and O–H groups in total. The van der Waals surface area contributed by atoms with Crippen molar-refractivity contribution in [3.05, 3.63) is 27.9 Å². The molecule has 0 aliphatic carbocycles. The van der Waals surface area contributed by atoms with Crippen LogP contribution in [0.1, 0.15) is 70.4 Å². The van der Waals surface area contributed by atoms with Gasteiger partial charge in [-0.05, 0) is 56.7 Å². The van der Waals surface area contributed by atoms with E-state index in [1.54, 1.807) is 17.0 Å². The van der Waals surface area contributed by atoms with Crippen LogP contribution in [0.4, 0.5) is 9.59 Å². The van der Waals surface area contributed by atoms with E-state index in [2.05, 4.69) is 26.3 Å². The number of carbonyl (C=O) groups excluding carboxylic acids is 2. The molecule has 0 bridgehead atoms. The lowest BCUT2D eigenvalue weighted by molar-refractivity contribution is 0.0199. The summed E-state index contributed by atoms with van der Waals surface area (Å²) in [6.07, 6.45) is -0.485. The van der Waals surface area contributed by atoms with Gasteiger partial charge in [0.15, 0.2) is 5.69 Å². The number of hydrogen-bond acceptors (Lipinski definition) is 5. The molecule has 180 valence electrons. The summed E-state index contributed by atoms with van der Waals surface area (Å²) in [6, 6.07) is 3.26. The summed E-state index contributed by atoms with van der Waals surface area (Å²) >= 11 is 3.56. The van der Waals surface area contributed by atoms with Crippen LogP contribution < -0.4 is 5.32 Å². The number of hydrogen-bond donors (Lipinski definition) is 2. The molecule has 2 aromatic rings. The molecule has 1 aliphatic heterocycles. The van der Waals surface area contributed by atoms with Gasteiger partial charge in [0, 0.05) is 29.0 Å². The summed E-state index contributed by atoms with van der Waals surface area (Å²) in [7, 11) is 0. The minimum Gasteiger partial charge on any atom is -0.463 e. The van der Waals surface area contributed by atoms with E-state index in [0.717, 1.165) is 14.7 Å². The SMILES string of the molecule is CC(C)(C)OC(=O)N1CCC(NC(=O)c2nn(C(=O)O)c3ccc(Br)c(C(C)(C)C)c23)CC1. The molecular formula is C23H31BrN4O5. The highest BCUT2D eigenvalue weighted by molar-refractivity contribution is 9.10. The Kier molecular flexibility index (Phi) is 6.79. The smallest absolute Gasteiger partial charge is 0.432 e. The van der Waals surface area contributed by atoms with Crippen molar-refractivity contribution >= 4 is 44.9 Å². The van der Waals surface area contributed by atoms with Crippen molar-refractivity contribution in [2.75, 3.05) is 13.1 Å². The van der Waals surface area contributed by atoms with E-state index >= 15 is 0 Å². The lowest BCUT2D eigenvalue weighted by atomic mass is 9.84. The van der Waals surface area contributed by atoms with Gasteiger partial charge in [-0.15, -0.1) is 0 Å². The molecule has 33 heavy (non-hydrogen) atoms. The fourth-order valence-electron chi connectivity index (χ4n) is 4.01. The summed E-state index contributed by atoms with van der Waals surface area (Å²) in [5.41, 5.74) is 0.329. The summed E-state index contributed by atoms with van der Waals surface area (Å²) in [6.45, 7) is 12.4. The summed E-state index contributed by atoms with van der Waals surface area (Å²) in [4.78, 5) is 39.0. The minimum absolute atomic E-state index is 0.0770. The van der Waals surface area contributed by atoms with Crippen molar-refractivity contribution in [2.24, 2.45) is 0 Å². The quantitative estimate of drug-likeness (QED) is 0.587. The monoisotopic (exact) mass is 522 g/mol. The van der Waals surface area contributed by atoms with Gasteiger partial charge in [0.1, 0.15) is 5.60 Å². The molecular weight excluding hydrogens is 492 g/mol. The fourth-order valence-corrected chi connectivity index (χ4v) is 4.94. The van der Waals surface area contributed by atoms with E-state index in [4.69, 9.17) is 4.74 Å². The first kappa shape index (κ1) is 25.0. The van der Waals surface area contributed by atoms with Gasteiger partial charge >= 0.3 is 12.2 Å². The molecule has 10 heteroatoms. The van der Waals surface area contributed by atoms with Crippen LogP contribution in [0.5, 0.6) is 0 Å². The van der Waals surface area contributed by atoms with Crippen molar-refractivity contribution in [1.29, 1.82) is 0 Å². The Labute approximate surface area is 201 Å². The number of halogens is 1. The van der Waals surface area contributed by atoms with E-state index in [1.165, 1.54) is 0 Å². The topological polar surface area (TPSA) is 114 Å². The van der Waals surface area contributed by atoms with Gasteiger partial charge < -0.3 is 20.1 Å². The maximum absolute atomic E-state index is 13.3. The van der Waals surface area contributed by atoms with Crippen LogP contribution in [0.3, 0.4) is 0 Å². The molecule has 0 saturated carbocycles. The van der Waals surface area contributed by atoms with Gasteiger partial charge in [-0.3, -0.25) is 4.79 Å². The van der Waals surface area contributed by atoms with Crippen molar-refractivity contribution in [1.82, 2.24) is 20.0 Å². The lowest BCUT2D eigenvalue weighted by Gasteiger charge is -2.33. The molecule has 3 rings (SSSR count). The summed E-state index contributed by atoms with van der Waals surface area (Å²) in [5.74, 6) is -0.431. The number of carbonyl (C=O) groups is 3. The highest BCUT2D eigenvalue weighted by atomic mass is 79.9. The van der Waals surface area contributed by atoms with Crippen LogP contribution in [-0.4, -0.2) is 62.6 Å². The Hall–Kier alpha value is -2.62. The number of amides is 2. The Bertz CT molecular complexity index is 1090. The Morgan fingerprint density at radius 2 is 1.73 bits per heavy atom. The maximum Gasteiger partial charge on any atom is 0.432 e. The van der Waals surface area contributed by atoms with E-state index in [-0.39, 0.29) is 23.2 Å². The number of carboxylic acid groups (broad SMARTS) is 1. The van der Waals surface area contributed by atoms with Crippen LogP contribution >= 0.6 is 15.9 Å². The fraction of sp³-hybridized carbons (Fsp3) is 0.565. The predicted molar refractivity (Wildman–Crippen MR) is 128 cm³/mol. The first-order chi connectivity index (χ1) is 15.2. The van der Waals surface area contributed by atoms with Crippen LogP contribution in [0, 0.1) is 0 Å².